The Hall–Kier alpha value is -0.170. The molecule has 2 heteroatoms. The summed E-state index contributed by atoms with van der Waals surface area (Å²) < 4.78 is 0. The van der Waals surface area contributed by atoms with Gasteiger partial charge in [-0.2, -0.15) is 0 Å². The molecule has 1 nitrogen and oxygen atoms in total. The standard InChI is InChI=1S/C5H6ClN/c1-7-3-2-5(6)4-7/h4H,3H2,1H3. The van der Waals surface area contributed by atoms with Gasteiger partial charge < -0.3 is 4.90 Å². The first-order chi connectivity index (χ1) is 3.29. The van der Waals surface area contributed by atoms with Crippen LogP contribution in [0.3, 0.4) is 0 Å². The molecular weight excluding hydrogens is 110 g/mol. The van der Waals surface area contributed by atoms with Gasteiger partial charge in [0, 0.05) is 24.8 Å². The quantitative estimate of drug-likeness (QED) is 0.457. The van der Waals surface area contributed by atoms with Crippen LogP contribution < -0.4 is 0 Å². The SMILES string of the molecule is CN1C=C(Cl)[C]C1. The van der Waals surface area contributed by atoms with Crippen LogP contribution in [-0.2, 0) is 0 Å². The largest absolute Gasteiger partial charge is 0.378 e. The topological polar surface area (TPSA) is 3.24 Å². The van der Waals surface area contributed by atoms with Crippen LogP contribution in [0.15, 0.2) is 11.2 Å². The average molecular weight is 116 g/mol. The third-order valence-electron chi connectivity index (χ3n) is 0.831. The van der Waals surface area contributed by atoms with Crippen molar-refractivity contribution >= 4 is 11.6 Å². The second-order valence-corrected chi connectivity index (χ2v) is 1.98. The first kappa shape index (κ1) is 4.98. The summed E-state index contributed by atoms with van der Waals surface area (Å²) >= 11 is 5.52. The Morgan fingerprint density at radius 3 is 2.86 bits per heavy atom. The molecule has 0 fully saturated rings. The molecule has 0 spiro atoms. The van der Waals surface area contributed by atoms with E-state index in [-0.39, 0.29) is 0 Å². The van der Waals surface area contributed by atoms with Crippen molar-refractivity contribution < 1.29 is 0 Å². The lowest BCUT2D eigenvalue weighted by Gasteiger charge is -2.01. The Kier molecular flexibility index (Phi) is 1.24. The number of hydrogen-bond donors (Lipinski definition) is 0. The number of nitrogens with zero attached hydrogens (tertiary/aromatic N) is 1. The summed E-state index contributed by atoms with van der Waals surface area (Å²) in [6.45, 7) is 0.832. The Balaban J connectivity index is 2.50. The molecule has 0 bridgehead atoms. The second kappa shape index (κ2) is 1.74. The molecule has 1 heterocycles. The van der Waals surface area contributed by atoms with Crippen molar-refractivity contribution in [3.8, 4) is 0 Å². The molecule has 0 atom stereocenters. The predicted octanol–water partition coefficient (Wildman–Crippen LogP) is 1.09. The van der Waals surface area contributed by atoms with E-state index in [9.17, 15) is 0 Å². The Bertz CT molecular complexity index is 98.3. The van der Waals surface area contributed by atoms with Crippen molar-refractivity contribution in [1.82, 2.24) is 4.90 Å². The van der Waals surface area contributed by atoms with Crippen molar-refractivity contribution in [1.29, 1.82) is 0 Å². The summed E-state index contributed by atoms with van der Waals surface area (Å²) in [6, 6.07) is 0. The zero-order valence-electron chi connectivity index (χ0n) is 4.11. The highest BCUT2D eigenvalue weighted by atomic mass is 35.5. The lowest BCUT2D eigenvalue weighted by Crippen LogP contribution is -2.04. The third kappa shape index (κ3) is 1.10. The van der Waals surface area contributed by atoms with Crippen LogP contribution in [0.1, 0.15) is 0 Å². The van der Waals surface area contributed by atoms with Gasteiger partial charge in [-0.15, -0.1) is 0 Å². The molecule has 0 unspecified atom stereocenters. The molecule has 0 aromatic heterocycles. The van der Waals surface area contributed by atoms with Gasteiger partial charge in [-0.25, -0.2) is 0 Å². The first-order valence-corrected chi connectivity index (χ1v) is 2.48. The van der Waals surface area contributed by atoms with Gasteiger partial charge in [-0.05, 0) is 0 Å². The van der Waals surface area contributed by atoms with Gasteiger partial charge >= 0.3 is 0 Å². The van der Waals surface area contributed by atoms with Crippen LogP contribution in [0.25, 0.3) is 0 Å². The molecule has 0 amide bonds. The zero-order chi connectivity index (χ0) is 5.28. The van der Waals surface area contributed by atoms with E-state index in [0.29, 0.717) is 0 Å². The normalized spacial score (nSPS) is 20.3. The highest BCUT2D eigenvalue weighted by Gasteiger charge is 2.04. The second-order valence-electron chi connectivity index (χ2n) is 1.57. The fourth-order valence-electron chi connectivity index (χ4n) is 0.485. The van der Waals surface area contributed by atoms with Crippen molar-refractivity contribution in [2.75, 3.05) is 13.6 Å². The van der Waals surface area contributed by atoms with Gasteiger partial charge in [0.15, 0.2) is 0 Å². The van der Waals surface area contributed by atoms with E-state index in [1.54, 1.807) is 0 Å². The molecule has 1 aliphatic rings. The third-order valence-corrected chi connectivity index (χ3v) is 1.06. The molecule has 1 rings (SSSR count). The summed E-state index contributed by atoms with van der Waals surface area (Å²) in [5.41, 5.74) is 0. The fraction of sp³-hybridized carbons (Fsp3) is 0.400. The molecule has 0 saturated carbocycles. The molecule has 0 saturated heterocycles. The maximum atomic E-state index is 5.52. The minimum absolute atomic E-state index is 0.725. The Labute approximate surface area is 48.6 Å². The van der Waals surface area contributed by atoms with Gasteiger partial charge in [0.05, 0.1) is 6.42 Å². The predicted molar refractivity (Wildman–Crippen MR) is 29.8 cm³/mol. The van der Waals surface area contributed by atoms with Crippen LogP contribution in [0, 0.1) is 6.42 Å². The summed E-state index contributed by atoms with van der Waals surface area (Å²) in [6.07, 6.45) is 4.77. The molecule has 0 aromatic rings. The van der Waals surface area contributed by atoms with Crippen LogP contribution >= 0.6 is 11.6 Å². The molecule has 1 aliphatic heterocycles. The van der Waals surface area contributed by atoms with Gasteiger partial charge in [0.25, 0.3) is 0 Å². The molecule has 0 aromatic carbocycles. The maximum absolute atomic E-state index is 5.52. The summed E-state index contributed by atoms with van der Waals surface area (Å²) in [4.78, 5) is 1.97. The van der Waals surface area contributed by atoms with Gasteiger partial charge in [-0.3, -0.25) is 0 Å². The first-order valence-electron chi connectivity index (χ1n) is 2.10. The van der Waals surface area contributed by atoms with Crippen LogP contribution in [0.2, 0.25) is 0 Å². The minimum atomic E-state index is 0.725. The van der Waals surface area contributed by atoms with Crippen LogP contribution in [0.5, 0.6) is 0 Å². The molecule has 2 radical (unpaired) electrons. The smallest absolute Gasteiger partial charge is 0.0515 e. The van der Waals surface area contributed by atoms with Crippen LogP contribution in [0.4, 0.5) is 0 Å². The number of hydrogen-bond acceptors (Lipinski definition) is 1. The zero-order valence-corrected chi connectivity index (χ0v) is 4.87. The highest BCUT2D eigenvalue weighted by molar-refractivity contribution is 6.30. The highest BCUT2D eigenvalue weighted by Crippen LogP contribution is 2.13. The average Bonchev–Trinajstić information content (AvgIpc) is 1.87. The molecule has 0 N–H and O–H groups in total. The summed E-state index contributed by atoms with van der Waals surface area (Å²) in [5, 5.41) is 0.725. The molecule has 0 aliphatic carbocycles. The molecular formula is C5H6ClN. The number of rotatable bonds is 0. The van der Waals surface area contributed by atoms with Gasteiger partial charge in [0.1, 0.15) is 0 Å². The van der Waals surface area contributed by atoms with Gasteiger partial charge in [-0.1, -0.05) is 11.6 Å². The van der Waals surface area contributed by atoms with E-state index in [4.69, 9.17) is 11.6 Å². The van der Waals surface area contributed by atoms with Crippen molar-refractivity contribution in [2.45, 2.75) is 0 Å². The lowest BCUT2D eigenvalue weighted by atomic mass is 10.5. The van der Waals surface area contributed by atoms with Gasteiger partial charge in [0.2, 0.25) is 0 Å². The Morgan fingerprint density at radius 2 is 2.71 bits per heavy atom. The monoisotopic (exact) mass is 115 g/mol. The molecule has 7 heavy (non-hydrogen) atoms. The van der Waals surface area contributed by atoms with Crippen LogP contribution in [-0.4, -0.2) is 18.5 Å². The molecule has 38 valence electrons. The van der Waals surface area contributed by atoms with E-state index in [0.717, 1.165) is 11.6 Å². The summed E-state index contributed by atoms with van der Waals surface area (Å²) in [7, 11) is 1.96. The van der Waals surface area contributed by atoms with E-state index in [1.165, 1.54) is 0 Å². The van der Waals surface area contributed by atoms with Crippen molar-refractivity contribution in [3.05, 3.63) is 17.7 Å². The fourth-order valence-corrected chi connectivity index (χ4v) is 0.711. The maximum Gasteiger partial charge on any atom is 0.0515 e. The minimum Gasteiger partial charge on any atom is -0.378 e. The summed E-state index contributed by atoms with van der Waals surface area (Å²) in [5.74, 6) is 0. The van der Waals surface area contributed by atoms with E-state index < -0.39 is 0 Å². The number of halogens is 1. The lowest BCUT2D eigenvalue weighted by molar-refractivity contribution is 0.521. The van der Waals surface area contributed by atoms with E-state index in [2.05, 4.69) is 6.42 Å². The Morgan fingerprint density at radius 1 is 2.00 bits per heavy atom. The van der Waals surface area contributed by atoms with E-state index >= 15 is 0 Å². The van der Waals surface area contributed by atoms with E-state index in [1.807, 2.05) is 18.1 Å². The van der Waals surface area contributed by atoms with Crippen molar-refractivity contribution in [3.63, 3.8) is 0 Å². The van der Waals surface area contributed by atoms with Crippen molar-refractivity contribution in [2.24, 2.45) is 0 Å².